The molecule has 3 aliphatic rings. The SMILES string of the molecule is CC1CCC(Nc2ncc(-c3ccc4c(c3)OCCO4)c(OC3CCN(C)C3)n2)CC1. The van der Waals surface area contributed by atoms with Crippen LogP contribution in [-0.2, 0) is 0 Å². The van der Waals surface area contributed by atoms with Gasteiger partial charge in [-0.15, -0.1) is 0 Å². The van der Waals surface area contributed by atoms with Crippen LogP contribution in [0.4, 0.5) is 5.95 Å². The highest BCUT2D eigenvalue weighted by atomic mass is 16.6. The van der Waals surface area contributed by atoms with Crippen LogP contribution in [-0.4, -0.2) is 60.4 Å². The first-order valence-corrected chi connectivity index (χ1v) is 11.5. The highest BCUT2D eigenvalue weighted by molar-refractivity contribution is 5.71. The van der Waals surface area contributed by atoms with Crippen molar-refractivity contribution < 1.29 is 14.2 Å². The van der Waals surface area contributed by atoms with E-state index in [9.17, 15) is 0 Å². The second kappa shape index (κ2) is 8.91. The van der Waals surface area contributed by atoms with Gasteiger partial charge in [-0.25, -0.2) is 4.98 Å². The number of hydrogen-bond acceptors (Lipinski definition) is 7. The monoisotopic (exact) mass is 424 g/mol. The highest BCUT2D eigenvalue weighted by Gasteiger charge is 2.25. The first-order valence-electron chi connectivity index (χ1n) is 11.5. The largest absolute Gasteiger partial charge is 0.486 e. The van der Waals surface area contributed by atoms with Crippen LogP contribution < -0.4 is 19.5 Å². The minimum atomic E-state index is 0.138. The summed E-state index contributed by atoms with van der Waals surface area (Å²) in [5.74, 6) is 3.64. The predicted molar refractivity (Wildman–Crippen MR) is 120 cm³/mol. The number of likely N-dealkylation sites (tertiary alicyclic amines) is 1. The fourth-order valence-electron chi connectivity index (χ4n) is 4.67. The summed E-state index contributed by atoms with van der Waals surface area (Å²) in [7, 11) is 2.13. The molecule has 2 fully saturated rings. The molecule has 166 valence electrons. The number of likely N-dealkylation sites (N-methyl/N-ethyl adjacent to an activating group) is 1. The third-order valence-electron chi connectivity index (χ3n) is 6.58. The molecule has 0 amide bonds. The second-order valence-corrected chi connectivity index (χ2v) is 9.16. The quantitative estimate of drug-likeness (QED) is 0.778. The van der Waals surface area contributed by atoms with Crippen molar-refractivity contribution in [3.63, 3.8) is 0 Å². The Morgan fingerprint density at radius 2 is 1.87 bits per heavy atom. The maximum atomic E-state index is 6.42. The second-order valence-electron chi connectivity index (χ2n) is 9.16. The average Bonchev–Trinajstić information content (AvgIpc) is 3.20. The summed E-state index contributed by atoms with van der Waals surface area (Å²) in [5, 5.41) is 3.55. The molecule has 0 bridgehead atoms. The number of fused-ring (bicyclic) bond motifs is 1. The maximum Gasteiger partial charge on any atom is 0.226 e. The van der Waals surface area contributed by atoms with Crippen LogP contribution >= 0.6 is 0 Å². The molecule has 1 saturated heterocycles. The Kier molecular flexibility index (Phi) is 5.85. The summed E-state index contributed by atoms with van der Waals surface area (Å²) in [4.78, 5) is 11.8. The minimum Gasteiger partial charge on any atom is -0.486 e. The van der Waals surface area contributed by atoms with Crippen LogP contribution in [0.25, 0.3) is 11.1 Å². The number of benzene rings is 1. The maximum absolute atomic E-state index is 6.42. The van der Waals surface area contributed by atoms with Gasteiger partial charge in [0.25, 0.3) is 0 Å². The molecule has 1 atom stereocenters. The van der Waals surface area contributed by atoms with Gasteiger partial charge in [0.1, 0.15) is 19.3 Å². The molecule has 1 aromatic carbocycles. The zero-order valence-electron chi connectivity index (χ0n) is 18.5. The van der Waals surface area contributed by atoms with Crippen molar-refractivity contribution in [3.8, 4) is 28.5 Å². The predicted octanol–water partition coefficient (Wildman–Crippen LogP) is 3.99. The summed E-state index contributed by atoms with van der Waals surface area (Å²) >= 11 is 0. The highest BCUT2D eigenvalue weighted by Crippen LogP contribution is 2.38. The lowest BCUT2D eigenvalue weighted by molar-refractivity contribution is 0.171. The van der Waals surface area contributed by atoms with E-state index in [1.165, 1.54) is 12.8 Å². The fourth-order valence-corrected chi connectivity index (χ4v) is 4.67. The van der Waals surface area contributed by atoms with Crippen molar-refractivity contribution in [2.45, 2.75) is 51.2 Å². The standard InChI is InChI=1S/C24H32N4O3/c1-16-3-6-18(7-4-16)26-24-25-14-20(23(27-24)31-19-9-10-28(2)15-19)17-5-8-21-22(13-17)30-12-11-29-21/h5,8,13-14,16,18-19H,3-4,6-7,9-12,15H2,1-2H3,(H,25,26,27). The third-order valence-corrected chi connectivity index (χ3v) is 6.58. The van der Waals surface area contributed by atoms with E-state index in [4.69, 9.17) is 19.2 Å². The van der Waals surface area contributed by atoms with Crippen molar-refractivity contribution in [3.05, 3.63) is 24.4 Å². The molecule has 5 rings (SSSR count). The number of nitrogens with one attached hydrogen (secondary N) is 1. The van der Waals surface area contributed by atoms with Crippen molar-refractivity contribution in [2.75, 3.05) is 38.7 Å². The molecule has 0 spiro atoms. The molecule has 2 aliphatic heterocycles. The van der Waals surface area contributed by atoms with Crippen molar-refractivity contribution in [1.29, 1.82) is 0 Å². The van der Waals surface area contributed by atoms with Gasteiger partial charge in [0.05, 0.1) is 5.56 Å². The molecule has 1 unspecified atom stereocenters. The van der Waals surface area contributed by atoms with Crippen LogP contribution in [0.2, 0.25) is 0 Å². The van der Waals surface area contributed by atoms with Gasteiger partial charge < -0.3 is 24.4 Å². The van der Waals surface area contributed by atoms with Crippen LogP contribution in [0.15, 0.2) is 24.4 Å². The first kappa shape index (κ1) is 20.4. The van der Waals surface area contributed by atoms with Gasteiger partial charge >= 0.3 is 0 Å². The van der Waals surface area contributed by atoms with E-state index in [1.807, 2.05) is 24.4 Å². The summed E-state index contributed by atoms with van der Waals surface area (Å²) < 4.78 is 17.9. The van der Waals surface area contributed by atoms with E-state index < -0.39 is 0 Å². The molecule has 31 heavy (non-hydrogen) atoms. The Labute approximate surface area is 184 Å². The lowest BCUT2D eigenvalue weighted by Crippen LogP contribution is -2.26. The molecule has 1 saturated carbocycles. The molecule has 2 aromatic rings. The topological polar surface area (TPSA) is 68.7 Å². The Morgan fingerprint density at radius 3 is 2.65 bits per heavy atom. The first-order chi connectivity index (χ1) is 15.1. The molecule has 1 aromatic heterocycles. The molecule has 7 heteroatoms. The summed E-state index contributed by atoms with van der Waals surface area (Å²) in [6.07, 6.45) is 7.86. The lowest BCUT2D eigenvalue weighted by atomic mass is 9.87. The average molecular weight is 425 g/mol. The molecule has 1 aliphatic carbocycles. The van der Waals surface area contributed by atoms with Crippen molar-refractivity contribution >= 4 is 5.95 Å². The van der Waals surface area contributed by atoms with E-state index in [0.29, 0.717) is 31.1 Å². The number of ether oxygens (including phenoxy) is 3. The smallest absolute Gasteiger partial charge is 0.226 e. The number of nitrogens with zero attached hydrogens (tertiary/aromatic N) is 3. The normalized spacial score (nSPS) is 25.9. The Bertz CT molecular complexity index is 914. The number of hydrogen-bond donors (Lipinski definition) is 1. The number of rotatable bonds is 5. The molecular formula is C24H32N4O3. The van der Waals surface area contributed by atoms with E-state index >= 15 is 0 Å². The van der Waals surface area contributed by atoms with Crippen LogP contribution in [0.5, 0.6) is 17.4 Å². The third kappa shape index (κ3) is 4.71. The van der Waals surface area contributed by atoms with Crippen molar-refractivity contribution in [2.24, 2.45) is 5.92 Å². The molecular weight excluding hydrogens is 392 g/mol. The Hall–Kier alpha value is -2.54. The summed E-state index contributed by atoms with van der Waals surface area (Å²) in [5.41, 5.74) is 1.86. The lowest BCUT2D eigenvalue weighted by Gasteiger charge is -2.27. The van der Waals surface area contributed by atoms with Crippen LogP contribution in [0.3, 0.4) is 0 Å². The Balaban J connectivity index is 1.42. The van der Waals surface area contributed by atoms with Gasteiger partial charge in [0, 0.05) is 25.3 Å². The fraction of sp³-hybridized carbons (Fsp3) is 0.583. The molecule has 3 heterocycles. The summed E-state index contributed by atoms with van der Waals surface area (Å²) in [6.45, 7) is 5.43. The van der Waals surface area contributed by atoms with E-state index in [-0.39, 0.29) is 6.10 Å². The molecule has 1 N–H and O–H groups in total. The van der Waals surface area contributed by atoms with Gasteiger partial charge in [-0.1, -0.05) is 13.0 Å². The van der Waals surface area contributed by atoms with Gasteiger partial charge in [0.15, 0.2) is 11.5 Å². The molecule has 0 radical (unpaired) electrons. The van der Waals surface area contributed by atoms with Crippen molar-refractivity contribution in [1.82, 2.24) is 14.9 Å². The zero-order valence-corrected chi connectivity index (χ0v) is 18.5. The molecule has 7 nitrogen and oxygen atoms in total. The van der Waals surface area contributed by atoms with E-state index in [2.05, 4.69) is 29.2 Å². The van der Waals surface area contributed by atoms with Crippen LogP contribution in [0.1, 0.15) is 39.0 Å². The number of aromatic nitrogens is 2. The van der Waals surface area contributed by atoms with Gasteiger partial charge in [-0.3, -0.25) is 0 Å². The Morgan fingerprint density at radius 1 is 1.06 bits per heavy atom. The van der Waals surface area contributed by atoms with Gasteiger partial charge in [0.2, 0.25) is 11.8 Å². The summed E-state index contributed by atoms with van der Waals surface area (Å²) in [6, 6.07) is 6.40. The number of anilines is 1. The zero-order chi connectivity index (χ0) is 21.2. The van der Waals surface area contributed by atoms with E-state index in [0.717, 1.165) is 60.9 Å². The minimum absolute atomic E-state index is 0.138. The van der Waals surface area contributed by atoms with Crippen LogP contribution in [0, 0.1) is 5.92 Å². The van der Waals surface area contributed by atoms with Gasteiger partial charge in [-0.05, 0) is 62.8 Å². The van der Waals surface area contributed by atoms with Gasteiger partial charge in [-0.2, -0.15) is 4.98 Å². The van der Waals surface area contributed by atoms with E-state index in [1.54, 1.807) is 0 Å².